The summed E-state index contributed by atoms with van der Waals surface area (Å²) in [6.07, 6.45) is 4.80. The smallest absolute Gasteiger partial charge is 0.233 e. The van der Waals surface area contributed by atoms with Gasteiger partial charge < -0.3 is 19.4 Å². The molecule has 2 aromatic rings. The van der Waals surface area contributed by atoms with Crippen molar-refractivity contribution in [3.05, 3.63) is 29.6 Å². The van der Waals surface area contributed by atoms with Gasteiger partial charge in [0, 0.05) is 18.5 Å². The Morgan fingerprint density at radius 3 is 2.85 bits per heavy atom. The zero-order valence-electron chi connectivity index (χ0n) is 15.2. The van der Waals surface area contributed by atoms with Gasteiger partial charge in [-0.15, -0.1) is 10.2 Å². The van der Waals surface area contributed by atoms with E-state index >= 15 is 0 Å². The molecule has 1 aromatic heterocycles. The molecular weight excluding hydrogens is 364 g/mol. The van der Waals surface area contributed by atoms with Gasteiger partial charge in [-0.3, -0.25) is 4.79 Å². The van der Waals surface area contributed by atoms with Gasteiger partial charge in [0.25, 0.3) is 0 Å². The van der Waals surface area contributed by atoms with Crippen LogP contribution >= 0.6 is 11.8 Å². The summed E-state index contributed by atoms with van der Waals surface area (Å²) in [6, 6.07) is 6.25. The Morgan fingerprint density at radius 1 is 1.26 bits per heavy atom. The first-order valence-electron chi connectivity index (χ1n) is 9.47. The minimum Gasteiger partial charge on any atom is -0.454 e. The monoisotopic (exact) mass is 386 g/mol. The average molecular weight is 386 g/mol. The molecule has 1 amide bonds. The van der Waals surface area contributed by atoms with Gasteiger partial charge in [-0.05, 0) is 50.3 Å². The van der Waals surface area contributed by atoms with E-state index in [-0.39, 0.29) is 18.0 Å². The summed E-state index contributed by atoms with van der Waals surface area (Å²) in [5.41, 5.74) is 0.988. The molecule has 142 valence electrons. The lowest BCUT2D eigenvalue weighted by Crippen LogP contribution is -2.30. The van der Waals surface area contributed by atoms with E-state index in [2.05, 4.69) is 20.1 Å². The van der Waals surface area contributed by atoms with E-state index in [4.69, 9.17) is 9.47 Å². The number of fused-ring (bicyclic) bond motifs is 1. The molecule has 27 heavy (non-hydrogen) atoms. The lowest BCUT2D eigenvalue weighted by atomic mass is 10.2. The molecule has 0 spiro atoms. The minimum absolute atomic E-state index is 0.00372. The number of carbonyl (C=O) groups is 1. The number of carbonyl (C=O) groups excluding carboxylic acids is 1. The summed E-state index contributed by atoms with van der Waals surface area (Å²) in [6.45, 7) is 2.63. The molecule has 5 rings (SSSR count). The van der Waals surface area contributed by atoms with E-state index in [0.29, 0.717) is 18.5 Å². The van der Waals surface area contributed by atoms with E-state index in [0.717, 1.165) is 28.0 Å². The Morgan fingerprint density at radius 2 is 2.07 bits per heavy atom. The lowest BCUT2D eigenvalue weighted by Gasteiger charge is -2.13. The molecule has 2 saturated carbocycles. The number of hydrogen-bond acceptors (Lipinski definition) is 6. The number of thioether (sulfide) groups is 1. The molecule has 0 unspecified atom stereocenters. The first-order chi connectivity index (χ1) is 13.2. The van der Waals surface area contributed by atoms with Gasteiger partial charge >= 0.3 is 0 Å². The van der Waals surface area contributed by atoms with Crippen LogP contribution in [0.15, 0.2) is 23.4 Å². The fourth-order valence-electron chi connectivity index (χ4n) is 3.26. The quantitative estimate of drug-likeness (QED) is 0.737. The van der Waals surface area contributed by atoms with Crippen LogP contribution in [0.2, 0.25) is 0 Å². The Labute approximate surface area is 161 Å². The van der Waals surface area contributed by atoms with Crippen LogP contribution < -0.4 is 14.8 Å². The molecule has 8 heteroatoms. The highest BCUT2D eigenvalue weighted by Gasteiger charge is 2.37. The second-order valence-electron chi connectivity index (χ2n) is 7.38. The summed E-state index contributed by atoms with van der Waals surface area (Å²) in [5, 5.41) is 12.5. The Hall–Kier alpha value is -2.22. The molecule has 1 N–H and O–H groups in total. The normalized spacial score (nSPS) is 19.1. The summed E-state index contributed by atoms with van der Waals surface area (Å²) in [5.74, 6) is 3.17. The SMILES string of the molecule is C[C@@H](Sc1nnc(C2CC2)n1C1CC1)C(=O)NCc1ccc2c(c1)OCO2. The molecule has 1 atom stereocenters. The first-order valence-corrected chi connectivity index (χ1v) is 10.3. The Kier molecular flexibility index (Phi) is 4.22. The molecule has 0 radical (unpaired) electrons. The highest BCUT2D eigenvalue weighted by atomic mass is 32.2. The molecule has 7 nitrogen and oxygen atoms in total. The fraction of sp³-hybridized carbons (Fsp3) is 0.526. The standard InChI is InChI=1S/C19H22N4O3S/c1-11(18(24)20-9-12-2-7-15-16(8-12)26-10-25-15)27-19-22-21-17(13-3-4-13)23(19)14-5-6-14/h2,7-8,11,13-14H,3-6,9-10H2,1H3,(H,20,24)/t11-/m1/s1. The maximum atomic E-state index is 12.6. The largest absolute Gasteiger partial charge is 0.454 e. The van der Waals surface area contributed by atoms with Crippen LogP contribution in [0.1, 0.15) is 56.0 Å². The van der Waals surface area contributed by atoms with Gasteiger partial charge in [-0.1, -0.05) is 17.8 Å². The van der Waals surface area contributed by atoms with Crippen molar-refractivity contribution in [2.75, 3.05) is 6.79 Å². The van der Waals surface area contributed by atoms with Crippen molar-refractivity contribution < 1.29 is 14.3 Å². The van der Waals surface area contributed by atoms with Crippen LogP contribution in [-0.2, 0) is 11.3 Å². The summed E-state index contributed by atoms with van der Waals surface area (Å²) < 4.78 is 13.0. The molecule has 3 aliphatic rings. The van der Waals surface area contributed by atoms with Crippen molar-refractivity contribution in [1.29, 1.82) is 0 Å². The summed E-state index contributed by atoms with van der Waals surface area (Å²) >= 11 is 1.50. The topological polar surface area (TPSA) is 78.3 Å². The summed E-state index contributed by atoms with van der Waals surface area (Å²) in [7, 11) is 0. The van der Waals surface area contributed by atoms with Crippen molar-refractivity contribution in [2.24, 2.45) is 0 Å². The number of aromatic nitrogens is 3. The average Bonchev–Trinajstić information content (AvgIpc) is 3.60. The highest BCUT2D eigenvalue weighted by molar-refractivity contribution is 8.00. The maximum absolute atomic E-state index is 12.6. The van der Waals surface area contributed by atoms with Crippen molar-refractivity contribution in [3.63, 3.8) is 0 Å². The van der Waals surface area contributed by atoms with E-state index < -0.39 is 0 Å². The number of hydrogen-bond donors (Lipinski definition) is 1. The number of ether oxygens (including phenoxy) is 2. The Bertz CT molecular complexity index is 876. The zero-order valence-corrected chi connectivity index (χ0v) is 16.0. The fourth-order valence-corrected chi connectivity index (χ4v) is 4.21. The number of benzene rings is 1. The van der Waals surface area contributed by atoms with E-state index in [1.807, 2.05) is 25.1 Å². The van der Waals surface area contributed by atoms with Gasteiger partial charge in [-0.2, -0.15) is 0 Å². The van der Waals surface area contributed by atoms with Gasteiger partial charge in [0.2, 0.25) is 12.7 Å². The Balaban J connectivity index is 1.21. The number of rotatable bonds is 7. The van der Waals surface area contributed by atoms with E-state index in [1.54, 1.807) is 0 Å². The molecule has 1 aromatic carbocycles. The van der Waals surface area contributed by atoms with Crippen LogP contribution in [0.3, 0.4) is 0 Å². The number of amides is 1. The first kappa shape index (κ1) is 16.9. The van der Waals surface area contributed by atoms with Crippen LogP contribution in [0.5, 0.6) is 11.5 Å². The van der Waals surface area contributed by atoms with Crippen LogP contribution in [0.4, 0.5) is 0 Å². The van der Waals surface area contributed by atoms with Crippen molar-refractivity contribution >= 4 is 17.7 Å². The van der Waals surface area contributed by atoms with Gasteiger partial charge in [-0.25, -0.2) is 0 Å². The van der Waals surface area contributed by atoms with Gasteiger partial charge in [0.15, 0.2) is 16.7 Å². The molecule has 2 aliphatic carbocycles. The van der Waals surface area contributed by atoms with E-state index in [9.17, 15) is 4.79 Å². The van der Waals surface area contributed by atoms with E-state index in [1.165, 1.54) is 37.4 Å². The van der Waals surface area contributed by atoms with Crippen LogP contribution in [0, 0.1) is 0 Å². The second kappa shape index (κ2) is 6.74. The number of nitrogens with one attached hydrogen (secondary N) is 1. The molecule has 1 aliphatic heterocycles. The molecular formula is C19H22N4O3S. The maximum Gasteiger partial charge on any atom is 0.233 e. The molecule has 2 heterocycles. The second-order valence-corrected chi connectivity index (χ2v) is 8.69. The molecule has 0 bridgehead atoms. The minimum atomic E-state index is -0.229. The number of nitrogens with zero attached hydrogens (tertiary/aromatic N) is 3. The van der Waals surface area contributed by atoms with Crippen molar-refractivity contribution in [2.45, 2.75) is 61.5 Å². The third kappa shape index (κ3) is 3.50. The third-order valence-corrected chi connectivity index (χ3v) is 6.16. The van der Waals surface area contributed by atoms with Crippen LogP contribution in [-0.4, -0.2) is 32.7 Å². The van der Waals surface area contributed by atoms with Crippen molar-refractivity contribution in [3.8, 4) is 11.5 Å². The van der Waals surface area contributed by atoms with Crippen LogP contribution in [0.25, 0.3) is 0 Å². The highest BCUT2D eigenvalue weighted by Crippen LogP contribution is 2.46. The summed E-state index contributed by atoms with van der Waals surface area (Å²) in [4.78, 5) is 12.6. The van der Waals surface area contributed by atoms with Crippen molar-refractivity contribution in [1.82, 2.24) is 20.1 Å². The molecule has 0 saturated heterocycles. The van der Waals surface area contributed by atoms with Gasteiger partial charge in [0.1, 0.15) is 5.82 Å². The zero-order chi connectivity index (χ0) is 18.4. The predicted molar refractivity (Wildman–Crippen MR) is 100.0 cm³/mol. The predicted octanol–water partition coefficient (Wildman–Crippen LogP) is 3.02. The third-order valence-electron chi connectivity index (χ3n) is 5.10. The molecule has 2 fully saturated rings. The lowest BCUT2D eigenvalue weighted by molar-refractivity contribution is -0.120. The van der Waals surface area contributed by atoms with Gasteiger partial charge in [0.05, 0.1) is 5.25 Å².